The van der Waals surface area contributed by atoms with E-state index >= 15 is 0 Å². The van der Waals surface area contributed by atoms with Crippen LogP contribution in [0.5, 0.6) is 0 Å². The van der Waals surface area contributed by atoms with Crippen LogP contribution in [0.3, 0.4) is 0 Å². The average molecular weight is 508 g/mol. The van der Waals surface area contributed by atoms with Gasteiger partial charge in [0.05, 0.1) is 5.56 Å². The minimum atomic E-state index is -0.572. The van der Waals surface area contributed by atoms with E-state index in [-0.39, 0.29) is 17.8 Å². The Morgan fingerprint density at radius 2 is 2.00 bits per heavy atom. The summed E-state index contributed by atoms with van der Waals surface area (Å²) < 4.78 is 22.3. The van der Waals surface area contributed by atoms with Gasteiger partial charge in [0, 0.05) is 25.3 Å². The molecular weight excluding hydrogens is 473 g/mol. The van der Waals surface area contributed by atoms with Gasteiger partial charge in [-0.05, 0) is 86.9 Å². The van der Waals surface area contributed by atoms with Crippen LogP contribution < -0.4 is 5.32 Å². The van der Waals surface area contributed by atoms with Gasteiger partial charge in [-0.2, -0.15) is 0 Å². The molecule has 1 aliphatic heterocycles. The van der Waals surface area contributed by atoms with Crippen molar-refractivity contribution in [2.75, 3.05) is 6.54 Å². The Bertz CT molecular complexity index is 1270. The Kier molecular flexibility index (Phi) is 8.21. The van der Waals surface area contributed by atoms with Crippen LogP contribution in [0.4, 0.5) is 9.18 Å². The molecule has 1 aromatic heterocycles. The highest BCUT2D eigenvalue weighted by Gasteiger charge is 2.30. The molecule has 0 atom stereocenters. The number of benzene rings is 1. The zero-order valence-corrected chi connectivity index (χ0v) is 21.9. The van der Waals surface area contributed by atoms with Crippen molar-refractivity contribution in [1.29, 1.82) is 0 Å². The predicted octanol–water partition coefficient (Wildman–Crippen LogP) is 5.17. The Labute approximate surface area is 216 Å². The van der Waals surface area contributed by atoms with Crippen LogP contribution in [-0.4, -0.2) is 44.3 Å². The van der Waals surface area contributed by atoms with E-state index in [0.717, 1.165) is 53.9 Å². The van der Waals surface area contributed by atoms with Gasteiger partial charge in [0.1, 0.15) is 18.2 Å². The van der Waals surface area contributed by atoms with Crippen LogP contribution in [-0.2, 0) is 24.2 Å². The summed E-state index contributed by atoms with van der Waals surface area (Å²) in [6.45, 7) is 9.42. The topological polar surface area (TPSA) is 89.4 Å². The second-order valence-corrected chi connectivity index (χ2v) is 9.51. The third-order valence-corrected chi connectivity index (χ3v) is 6.75. The smallest absolute Gasteiger partial charge is 0.410 e. The van der Waals surface area contributed by atoms with E-state index in [1.807, 2.05) is 44.4 Å². The van der Waals surface area contributed by atoms with Crippen LogP contribution in [0, 0.1) is 5.82 Å². The fourth-order valence-corrected chi connectivity index (χ4v) is 4.14. The first-order valence-electron chi connectivity index (χ1n) is 12.8. The van der Waals surface area contributed by atoms with Gasteiger partial charge in [0.25, 0.3) is 5.91 Å². The average Bonchev–Trinajstić information content (AvgIpc) is 3.57. The molecule has 2 aromatic rings. The molecule has 4 rings (SSSR count). The summed E-state index contributed by atoms with van der Waals surface area (Å²) in [6.07, 6.45) is 9.96. The molecule has 0 bridgehead atoms. The standard InChI is InChI=1S/C28H34FN5O3/c1-5-18(3)25(9-7-8-19(4)26-32-30-17-33(26)6-2)31-27(35)23-14-21-16-34(28(36)37-22-10-11-22)13-12-20(21)15-24(23)29/h7-9,14-15,17,22H,5-6,10-13,16H2,1-4H3,(H,31,35)/b9-7-,19-8+,25-18?. The van der Waals surface area contributed by atoms with E-state index in [4.69, 9.17) is 4.74 Å². The van der Waals surface area contributed by atoms with E-state index in [9.17, 15) is 14.0 Å². The van der Waals surface area contributed by atoms with E-state index in [1.165, 1.54) is 6.07 Å². The maximum atomic E-state index is 15.0. The zero-order chi connectivity index (χ0) is 26.5. The summed E-state index contributed by atoms with van der Waals surface area (Å²) in [4.78, 5) is 27.2. The fourth-order valence-electron chi connectivity index (χ4n) is 4.14. The number of aromatic nitrogens is 3. The first kappa shape index (κ1) is 26.3. The molecule has 2 amide bonds. The number of hydrogen-bond donors (Lipinski definition) is 1. The van der Waals surface area contributed by atoms with Crippen LogP contribution in [0.25, 0.3) is 5.57 Å². The third-order valence-electron chi connectivity index (χ3n) is 6.75. The Hall–Kier alpha value is -3.75. The molecule has 8 nitrogen and oxygen atoms in total. The van der Waals surface area contributed by atoms with Gasteiger partial charge >= 0.3 is 6.09 Å². The molecule has 1 N–H and O–H groups in total. The lowest BCUT2D eigenvalue weighted by atomic mass is 9.96. The number of carbonyl (C=O) groups is 2. The molecule has 2 heterocycles. The van der Waals surface area contributed by atoms with Gasteiger partial charge in [-0.15, -0.1) is 10.2 Å². The molecule has 0 radical (unpaired) electrons. The molecule has 0 unspecified atom stereocenters. The molecule has 1 fully saturated rings. The lowest BCUT2D eigenvalue weighted by Crippen LogP contribution is -2.37. The minimum Gasteiger partial charge on any atom is -0.446 e. The molecular formula is C28H34FN5O3. The van der Waals surface area contributed by atoms with Crippen LogP contribution in [0.15, 0.2) is 48.0 Å². The zero-order valence-electron chi connectivity index (χ0n) is 21.9. The third kappa shape index (κ3) is 6.34. The molecule has 1 saturated carbocycles. The number of nitrogens with one attached hydrogen (secondary N) is 1. The lowest BCUT2D eigenvalue weighted by Gasteiger charge is -2.28. The highest BCUT2D eigenvalue weighted by atomic mass is 19.1. The van der Waals surface area contributed by atoms with Gasteiger partial charge in [-0.25, -0.2) is 9.18 Å². The summed E-state index contributed by atoms with van der Waals surface area (Å²) in [5, 5.41) is 11.0. The molecule has 2 aliphatic rings. The predicted molar refractivity (Wildman–Crippen MR) is 139 cm³/mol. The molecule has 0 saturated heterocycles. The number of hydrogen-bond acceptors (Lipinski definition) is 5. The van der Waals surface area contributed by atoms with Crippen molar-refractivity contribution in [3.8, 4) is 0 Å². The van der Waals surface area contributed by atoms with E-state index in [0.29, 0.717) is 25.2 Å². The number of fused-ring (bicyclic) bond motifs is 1. The summed E-state index contributed by atoms with van der Waals surface area (Å²) in [5.41, 5.74) is 4.03. The summed E-state index contributed by atoms with van der Waals surface area (Å²) in [5.74, 6) is -0.325. The van der Waals surface area contributed by atoms with Gasteiger partial charge in [-0.3, -0.25) is 4.79 Å². The molecule has 1 aromatic carbocycles. The minimum absolute atomic E-state index is 0.0206. The SMILES string of the molecule is CCC(C)=C(/C=C\C=C(/C)c1nncn1CC)NC(=O)c1cc2c(cc1F)CCN(C(=O)OC1CC1)C2. The number of carbonyl (C=O) groups excluding carboxylic acids is 2. The monoisotopic (exact) mass is 507 g/mol. The summed E-state index contributed by atoms with van der Waals surface area (Å²) >= 11 is 0. The summed E-state index contributed by atoms with van der Waals surface area (Å²) in [7, 11) is 0. The molecule has 9 heteroatoms. The number of halogens is 1. The van der Waals surface area contributed by atoms with E-state index in [1.54, 1.807) is 23.4 Å². The van der Waals surface area contributed by atoms with Gasteiger partial charge < -0.3 is 19.5 Å². The first-order chi connectivity index (χ1) is 17.8. The lowest BCUT2D eigenvalue weighted by molar-refractivity contribution is 0.0915. The van der Waals surface area contributed by atoms with E-state index < -0.39 is 11.7 Å². The van der Waals surface area contributed by atoms with Gasteiger partial charge in [-0.1, -0.05) is 19.1 Å². The fraction of sp³-hybridized carbons (Fsp3) is 0.429. The number of nitrogens with zero attached hydrogens (tertiary/aromatic N) is 4. The quantitative estimate of drug-likeness (QED) is 0.498. The number of allylic oxidation sites excluding steroid dienone is 5. The number of aryl methyl sites for hydroxylation is 1. The maximum Gasteiger partial charge on any atom is 0.410 e. The largest absolute Gasteiger partial charge is 0.446 e. The van der Waals surface area contributed by atoms with Crippen molar-refractivity contribution in [2.45, 2.75) is 72.6 Å². The van der Waals surface area contributed by atoms with Crippen molar-refractivity contribution in [2.24, 2.45) is 0 Å². The van der Waals surface area contributed by atoms with Crippen molar-refractivity contribution >= 4 is 17.6 Å². The van der Waals surface area contributed by atoms with Crippen molar-refractivity contribution in [3.05, 3.63) is 76.3 Å². The second kappa shape index (κ2) is 11.5. The normalized spacial score (nSPS) is 16.5. The van der Waals surface area contributed by atoms with Crippen molar-refractivity contribution in [3.63, 3.8) is 0 Å². The number of rotatable bonds is 8. The Morgan fingerprint density at radius 1 is 1.22 bits per heavy atom. The Balaban J connectivity index is 1.50. The van der Waals surface area contributed by atoms with Gasteiger partial charge in [0.2, 0.25) is 0 Å². The highest BCUT2D eigenvalue weighted by Crippen LogP contribution is 2.27. The molecule has 0 spiro atoms. The molecule has 196 valence electrons. The van der Waals surface area contributed by atoms with Crippen molar-refractivity contribution in [1.82, 2.24) is 25.0 Å². The van der Waals surface area contributed by atoms with E-state index in [2.05, 4.69) is 15.5 Å². The molecule has 1 aliphatic carbocycles. The highest BCUT2D eigenvalue weighted by molar-refractivity contribution is 5.96. The Morgan fingerprint density at radius 3 is 2.70 bits per heavy atom. The summed E-state index contributed by atoms with van der Waals surface area (Å²) in [6, 6.07) is 2.97. The first-order valence-corrected chi connectivity index (χ1v) is 12.8. The maximum absolute atomic E-state index is 15.0. The van der Waals surface area contributed by atoms with Crippen LogP contribution in [0.1, 0.15) is 74.3 Å². The van der Waals surface area contributed by atoms with Crippen molar-refractivity contribution < 1.29 is 18.7 Å². The van der Waals surface area contributed by atoms with Crippen LogP contribution in [0.2, 0.25) is 0 Å². The molecule has 37 heavy (non-hydrogen) atoms. The second-order valence-electron chi connectivity index (χ2n) is 9.51. The van der Waals surface area contributed by atoms with Gasteiger partial charge in [0.15, 0.2) is 5.82 Å². The van der Waals surface area contributed by atoms with Crippen LogP contribution >= 0.6 is 0 Å². The number of amides is 2. The number of ether oxygens (including phenoxy) is 1.